The molecule has 2 aromatic rings. The molecule has 0 spiro atoms. The van der Waals surface area contributed by atoms with Gasteiger partial charge < -0.3 is 24.4 Å². The third-order valence-electron chi connectivity index (χ3n) is 5.08. The molecule has 2 aliphatic heterocycles. The van der Waals surface area contributed by atoms with E-state index in [1.807, 2.05) is 6.07 Å². The van der Waals surface area contributed by atoms with Gasteiger partial charge in [0.25, 0.3) is 0 Å². The second kappa shape index (κ2) is 8.17. The molecule has 9 nitrogen and oxygen atoms in total. The Morgan fingerprint density at radius 1 is 1.07 bits per heavy atom. The summed E-state index contributed by atoms with van der Waals surface area (Å²) in [5, 5.41) is 9.99. The number of ether oxygens (including phenoxy) is 2. The molecule has 2 aliphatic rings. The fraction of sp³-hybridized carbons (Fsp3) is 0.556. The lowest BCUT2D eigenvalue weighted by atomic mass is 10.2. The molecule has 1 N–H and O–H groups in total. The summed E-state index contributed by atoms with van der Waals surface area (Å²) in [6.07, 6.45) is 0. The highest BCUT2D eigenvalue weighted by Gasteiger charge is 2.27. The first-order chi connectivity index (χ1) is 13.5. The number of rotatable bonds is 4. The third kappa shape index (κ3) is 3.91. The Morgan fingerprint density at radius 3 is 2.39 bits per heavy atom. The zero-order valence-corrected chi connectivity index (χ0v) is 17.2. The van der Waals surface area contributed by atoms with Crippen molar-refractivity contribution < 1.29 is 19.4 Å². The molecular formula is C18H23AlN5O4. The number of fused-ring (bicyclic) bond motifs is 1. The molecule has 0 amide bonds. The van der Waals surface area contributed by atoms with Gasteiger partial charge in [-0.25, -0.2) is 0 Å². The molecule has 2 aromatic heterocycles. The number of carbonyl (C=O) groups is 1. The molecule has 10 heteroatoms. The summed E-state index contributed by atoms with van der Waals surface area (Å²) in [5.74, 6) is 1.45. The fourth-order valence-electron chi connectivity index (χ4n) is 3.62. The topological polar surface area (TPSA) is 101 Å². The van der Waals surface area contributed by atoms with Crippen molar-refractivity contribution in [1.29, 1.82) is 0 Å². The van der Waals surface area contributed by atoms with Crippen molar-refractivity contribution >= 4 is 47.4 Å². The van der Waals surface area contributed by atoms with Crippen LogP contribution in [0.1, 0.15) is 13.8 Å². The molecule has 2 fully saturated rings. The first-order valence-electron chi connectivity index (χ1n) is 9.48. The van der Waals surface area contributed by atoms with Crippen molar-refractivity contribution in [3.63, 3.8) is 0 Å². The summed E-state index contributed by atoms with van der Waals surface area (Å²) in [5.41, 5.74) is 0.545. The predicted molar refractivity (Wildman–Crippen MR) is 106 cm³/mol. The molecular weight excluding hydrogens is 377 g/mol. The van der Waals surface area contributed by atoms with Crippen LogP contribution in [-0.2, 0) is 9.47 Å². The van der Waals surface area contributed by atoms with E-state index in [0.717, 1.165) is 17.7 Å². The Balaban J connectivity index is 1.83. The average molecular weight is 400 g/mol. The second-order valence-corrected chi connectivity index (χ2v) is 8.55. The molecule has 4 rings (SSSR count). The van der Waals surface area contributed by atoms with Crippen LogP contribution in [0.15, 0.2) is 12.1 Å². The zero-order chi connectivity index (χ0) is 19.7. The maximum atomic E-state index is 11.1. The molecule has 0 saturated carbocycles. The summed E-state index contributed by atoms with van der Waals surface area (Å²) in [7, 11) is 0. The highest BCUT2D eigenvalue weighted by molar-refractivity contribution is 6.81. The lowest BCUT2D eigenvalue weighted by Crippen LogP contribution is -2.46. The smallest absolute Gasteiger partial charge is 0.461 e. The van der Waals surface area contributed by atoms with E-state index in [2.05, 4.69) is 28.6 Å². The first-order valence-corrected chi connectivity index (χ1v) is 10.6. The predicted octanol–water partition coefficient (Wildman–Crippen LogP) is 0.483. The van der Waals surface area contributed by atoms with Crippen LogP contribution in [0.2, 0.25) is 0 Å². The highest BCUT2D eigenvalue weighted by Crippen LogP contribution is 2.28. The van der Waals surface area contributed by atoms with Gasteiger partial charge in [0.2, 0.25) is 5.95 Å². The average Bonchev–Trinajstić information content (AvgIpc) is 2.67. The van der Waals surface area contributed by atoms with Gasteiger partial charge in [0.15, 0.2) is 10.5 Å². The Labute approximate surface area is 169 Å². The van der Waals surface area contributed by atoms with Gasteiger partial charge in [-0.2, -0.15) is 9.97 Å². The van der Waals surface area contributed by atoms with Crippen LogP contribution in [-0.4, -0.2) is 91.7 Å². The number of carboxylic acid groups (broad SMARTS) is 1. The summed E-state index contributed by atoms with van der Waals surface area (Å²) >= 11 is -0.940. The van der Waals surface area contributed by atoms with Crippen LogP contribution in [0.3, 0.4) is 0 Å². The normalized spacial score (nSPS) is 23.1. The molecule has 0 aromatic carbocycles. The van der Waals surface area contributed by atoms with Gasteiger partial charge in [0.05, 0.1) is 43.9 Å². The largest absolute Gasteiger partial charge is 0.497 e. The van der Waals surface area contributed by atoms with Crippen molar-refractivity contribution in [2.24, 2.45) is 0 Å². The van der Waals surface area contributed by atoms with Crippen LogP contribution in [0.25, 0.3) is 11.0 Å². The van der Waals surface area contributed by atoms with Crippen LogP contribution < -0.4 is 14.4 Å². The van der Waals surface area contributed by atoms with Gasteiger partial charge in [-0.1, -0.05) is 6.07 Å². The second-order valence-electron chi connectivity index (χ2n) is 7.17. The van der Waals surface area contributed by atoms with Gasteiger partial charge in [-0.05, 0) is 24.5 Å². The van der Waals surface area contributed by atoms with E-state index in [1.165, 1.54) is 0 Å². The van der Waals surface area contributed by atoms with Crippen LogP contribution in [0.4, 0.5) is 16.6 Å². The minimum absolute atomic E-state index is 0.161. The first kappa shape index (κ1) is 19.3. The van der Waals surface area contributed by atoms with Crippen LogP contribution in [0.5, 0.6) is 0 Å². The van der Waals surface area contributed by atoms with E-state index in [0.29, 0.717) is 49.1 Å². The molecule has 28 heavy (non-hydrogen) atoms. The molecule has 0 bridgehead atoms. The van der Waals surface area contributed by atoms with Crippen molar-refractivity contribution in [1.82, 2.24) is 15.0 Å². The number of hydrogen-bond donors (Lipinski definition) is 1. The van der Waals surface area contributed by atoms with E-state index >= 15 is 0 Å². The van der Waals surface area contributed by atoms with Gasteiger partial charge in [0.1, 0.15) is 5.82 Å². The van der Waals surface area contributed by atoms with Crippen molar-refractivity contribution in [3.05, 3.63) is 12.1 Å². The number of hydrogen-bond acceptors (Lipinski definition) is 8. The van der Waals surface area contributed by atoms with E-state index in [4.69, 9.17) is 24.5 Å². The lowest BCUT2D eigenvalue weighted by Gasteiger charge is -2.37. The van der Waals surface area contributed by atoms with Gasteiger partial charge in [-0.15, -0.1) is 0 Å². The minimum Gasteiger partial charge on any atom is -0.497 e. The highest BCUT2D eigenvalue weighted by atomic mass is 27.1. The summed E-state index contributed by atoms with van der Waals surface area (Å²) in [6.45, 7) is 8.20. The van der Waals surface area contributed by atoms with E-state index in [1.54, 1.807) is 6.07 Å². The Bertz CT molecular complexity index is 882. The molecule has 0 unspecified atom stereocenters. The summed E-state index contributed by atoms with van der Waals surface area (Å²) in [4.78, 5) is 28.9. The van der Waals surface area contributed by atoms with Crippen molar-refractivity contribution in [2.75, 3.05) is 49.3 Å². The molecule has 1 radical (unpaired) electrons. The van der Waals surface area contributed by atoms with Crippen LogP contribution >= 0.6 is 0 Å². The maximum absolute atomic E-state index is 11.1. The van der Waals surface area contributed by atoms with Crippen LogP contribution in [0, 0.1) is 0 Å². The molecule has 147 valence electrons. The zero-order valence-electron chi connectivity index (χ0n) is 16.0. The van der Waals surface area contributed by atoms with Gasteiger partial charge >= 0.3 is 15.2 Å². The third-order valence-corrected chi connectivity index (χ3v) is 5.95. The monoisotopic (exact) mass is 400 g/mol. The molecule has 4 heterocycles. The quantitative estimate of drug-likeness (QED) is 0.735. The van der Waals surface area contributed by atoms with Crippen molar-refractivity contribution in [2.45, 2.75) is 25.9 Å². The van der Waals surface area contributed by atoms with E-state index in [9.17, 15) is 4.79 Å². The molecule has 0 aliphatic carbocycles. The van der Waals surface area contributed by atoms with E-state index in [-0.39, 0.29) is 12.1 Å². The molecule has 2 atom stereocenters. The Kier molecular flexibility index (Phi) is 5.64. The number of nitrogens with zero attached hydrogens (tertiary/aromatic N) is 5. The van der Waals surface area contributed by atoms with Crippen molar-refractivity contribution in [3.8, 4) is 0 Å². The Hall–Kier alpha value is -1.99. The minimum atomic E-state index is -0.940. The lowest BCUT2D eigenvalue weighted by molar-refractivity contribution is 0.0973. The maximum Gasteiger partial charge on any atom is 0.461 e. The summed E-state index contributed by atoms with van der Waals surface area (Å²) in [6, 6.07) is 4.03. The van der Waals surface area contributed by atoms with Gasteiger partial charge in [-0.3, -0.25) is 9.78 Å². The standard InChI is InChI=1S/C17H22N5O2.CHO2.Al/c1-12-10-23-8-6-21(12)16-14-4-3-5-18-15(14)19-17(20-16)22-7-9-24-11-13(22)2;2-1-3;/h3-4,12-13H,6-11H2,1-2H3;(H,2,3);/t12-,13-;;/m0../s1. The van der Waals surface area contributed by atoms with E-state index < -0.39 is 20.1 Å². The SMILES string of the molecule is C[C@H]1COCCN1c1nc(N2CCOC[C@@H]2C)c2cc[c]([Al][C](=O)O)nc2n1. The molecule has 2 saturated heterocycles. The fourth-order valence-corrected chi connectivity index (χ4v) is 4.25. The number of pyridine rings is 1. The number of aromatic nitrogens is 3. The number of morpholine rings is 2. The summed E-state index contributed by atoms with van der Waals surface area (Å²) < 4.78 is 11.7. The number of anilines is 2. The Morgan fingerprint density at radius 2 is 1.75 bits per heavy atom. The van der Waals surface area contributed by atoms with Gasteiger partial charge in [0, 0.05) is 13.1 Å².